The molecule has 4 nitrogen and oxygen atoms in total. The van der Waals surface area contributed by atoms with Gasteiger partial charge < -0.3 is 15.2 Å². The average Bonchev–Trinajstić information content (AvgIpc) is 2.46. The van der Waals surface area contributed by atoms with Crippen molar-refractivity contribution >= 4 is 0 Å². The van der Waals surface area contributed by atoms with E-state index < -0.39 is 0 Å². The van der Waals surface area contributed by atoms with Gasteiger partial charge in [-0.2, -0.15) is 0 Å². The van der Waals surface area contributed by atoms with Crippen LogP contribution in [0.5, 0.6) is 11.5 Å². The Kier molecular flexibility index (Phi) is 4.15. The topological polar surface area (TPSA) is 57.4 Å². The highest BCUT2D eigenvalue weighted by atomic mass is 16.5. The van der Waals surface area contributed by atoms with Crippen LogP contribution in [-0.2, 0) is 13.2 Å². The number of methoxy groups -OCH3 is 1. The quantitative estimate of drug-likeness (QED) is 0.875. The number of benzene rings is 1. The molecule has 2 aromatic rings. The van der Waals surface area contributed by atoms with Crippen molar-refractivity contribution in [3.8, 4) is 11.5 Å². The standard InChI is InChI=1S/C14H16N2O2/c1-17-13-5-7-14(8-6-13)18-10-12-4-2-3-11(9-15)16-12/h2-8H,9-10,15H2,1H3. The lowest BCUT2D eigenvalue weighted by molar-refractivity contribution is 0.300. The molecule has 1 aromatic carbocycles. The Bertz CT molecular complexity index is 497. The molecule has 0 radical (unpaired) electrons. The van der Waals surface area contributed by atoms with Crippen molar-refractivity contribution in [3.63, 3.8) is 0 Å². The van der Waals surface area contributed by atoms with Gasteiger partial charge in [0.1, 0.15) is 18.1 Å². The Labute approximate surface area is 106 Å². The SMILES string of the molecule is COc1ccc(OCc2cccc(CN)n2)cc1. The molecule has 2 N–H and O–H groups in total. The molecule has 0 saturated heterocycles. The van der Waals surface area contributed by atoms with Crippen molar-refractivity contribution in [2.75, 3.05) is 7.11 Å². The van der Waals surface area contributed by atoms with Crippen LogP contribution < -0.4 is 15.2 Å². The normalized spacial score (nSPS) is 10.1. The molecule has 0 atom stereocenters. The highest BCUT2D eigenvalue weighted by Crippen LogP contribution is 2.17. The number of hydrogen-bond acceptors (Lipinski definition) is 4. The fourth-order valence-corrected chi connectivity index (χ4v) is 1.55. The van der Waals surface area contributed by atoms with Crippen LogP contribution in [-0.4, -0.2) is 12.1 Å². The summed E-state index contributed by atoms with van der Waals surface area (Å²) in [6.07, 6.45) is 0. The van der Waals surface area contributed by atoms with Gasteiger partial charge in [0.15, 0.2) is 0 Å². The Morgan fingerprint density at radius 2 is 1.67 bits per heavy atom. The molecule has 0 spiro atoms. The highest BCUT2D eigenvalue weighted by Gasteiger charge is 1.99. The van der Waals surface area contributed by atoms with E-state index in [1.165, 1.54) is 0 Å². The fraction of sp³-hybridized carbons (Fsp3) is 0.214. The second-order valence-electron chi connectivity index (χ2n) is 3.79. The molecular weight excluding hydrogens is 228 g/mol. The van der Waals surface area contributed by atoms with Crippen molar-refractivity contribution < 1.29 is 9.47 Å². The minimum Gasteiger partial charge on any atom is -0.497 e. The number of rotatable bonds is 5. The van der Waals surface area contributed by atoms with Gasteiger partial charge in [-0.15, -0.1) is 0 Å². The molecule has 2 rings (SSSR count). The van der Waals surface area contributed by atoms with Crippen molar-refractivity contribution in [2.45, 2.75) is 13.2 Å². The van der Waals surface area contributed by atoms with Gasteiger partial charge in [-0.1, -0.05) is 6.07 Å². The first-order valence-electron chi connectivity index (χ1n) is 5.73. The lowest BCUT2D eigenvalue weighted by atomic mass is 10.3. The predicted octanol–water partition coefficient (Wildman–Crippen LogP) is 2.13. The van der Waals surface area contributed by atoms with E-state index in [0.29, 0.717) is 13.2 Å². The number of pyridine rings is 1. The summed E-state index contributed by atoms with van der Waals surface area (Å²) in [5.41, 5.74) is 7.28. The van der Waals surface area contributed by atoms with Crippen molar-refractivity contribution in [1.82, 2.24) is 4.98 Å². The zero-order valence-corrected chi connectivity index (χ0v) is 10.3. The number of aromatic nitrogens is 1. The summed E-state index contributed by atoms with van der Waals surface area (Å²) in [6.45, 7) is 0.872. The fourth-order valence-electron chi connectivity index (χ4n) is 1.55. The summed E-state index contributed by atoms with van der Waals surface area (Å²) < 4.78 is 10.7. The minimum atomic E-state index is 0.431. The first-order chi connectivity index (χ1) is 8.81. The van der Waals surface area contributed by atoms with Gasteiger partial charge >= 0.3 is 0 Å². The first kappa shape index (κ1) is 12.4. The van der Waals surface area contributed by atoms with Gasteiger partial charge in [-0.25, -0.2) is 0 Å². The second kappa shape index (κ2) is 6.02. The van der Waals surface area contributed by atoms with Crippen molar-refractivity contribution in [2.24, 2.45) is 5.73 Å². The van der Waals surface area contributed by atoms with Crippen LogP contribution in [0.2, 0.25) is 0 Å². The number of nitrogens with two attached hydrogens (primary N) is 1. The van der Waals surface area contributed by atoms with Crippen molar-refractivity contribution in [3.05, 3.63) is 53.9 Å². The third-order valence-corrected chi connectivity index (χ3v) is 2.52. The van der Waals surface area contributed by atoms with Gasteiger partial charge in [-0.3, -0.25) is 4.98 Å². The molecular formula is C14H16N2O2. The van der Waals surface area contributed by atoms with E-state index in [-0.39, 0.29) is 0 Å². The van der Waals surface area contributed by atoms with E-state index >= 15 is 0 Å². The van der Waals surface area contributed by atoms with Crippen LogP contribution in [0, 0.1) is 0 Å². The maximum absolute atomic E-state index is 5.63. The lowest BCUT2D eigenvalue weighted by Crippen LogP contribution is -2.04. The van der Waals surface area contributed by atoms with Gasteiger partial charge in [0.05, 0.1) is 18.5 Å². The van der Waals surface area contributed by atoms with Crippen LogP contribution in [0.25, 0.3) is 0 Å². The Morgan fingerprint density at radius 3 is 2.33 bits per heavy atom. The molecule has 0 aliphatic rings. The van der Waals surface area contributed by atoms with E-state index in [9.17, 15) is 0 Å². The maximum atomic E-state index is 5.63. The average molecular weight is 244 g/mol. The van der Waals surface area contributed by atoms with Gasteiger partial charge in [0.2, 0.25) is 0 Å². The van der Waals surface area contributed by atoms with Gasteiger partial charge in [0, 0.05) is 6.54 Å². The Morgan fingerprint density at radius 1 is 1.00 bits per heavy atom. The molecule has 0 aliphatic heterocycles. The van der Waals surface area contributed by atoms with Crippen LogP contribution in [0.3, 0.4) is 0 Å². The highest BCUT2D eigenvalue weighted by molar-refractivity contribution is 5.31. The third kappa shape index (κ3) is 3.21. The van der Waals surface area contributed by atoms with Crippen LogP contribution in [0.4, 0.5) is 0 Å². The number of ether oxygens (including phenoxy) is 2. The smallest absolute Gasteiger partial charge is 0.130 e. The molecule has 4 heteroatoms. The maximum Gasteiger partial charge on any atom is 0.130 e. The molecule has 1 heterocycles. The monoisotopic (exact) mass is 244 g/mol. The van der Waals surface area contributed by atoms with Crippen LogP contribution in [0.1, 0.15) is 11.4 Å². The summed E-state index contributed by atoms with van der Waals surface area (Å²) >= 11 is 0. The van der Waals surface area contributed by atoms with E-state index in [0.717, 1.165) is 22.9 Å². The van der Waals surface area contributed by atoms with Crippen LogP contribution >= 0.6 is 0 Å². The molecule has 0 saturated carbocycles. The van der Waals surface area contributed by atoms with Gasteiger partial charge in [-0.05, 0) is 36.4 Å². The molecule has 0 bridgehead atoms. The Hall–Kier alpha value is -2.07. The second-order valence-corrected chi connectivity index (χ2v) is 3.79. The lowest BCUT2D eigenvalue weighted by Gasteiger charge is -2.07. The van der Waals surface area contributed by atoms with Gasteiger partial charge in [0.25, 0.3) is 0 Å². The molecule has 18 heavy (non-hydrogen) atoms. The molecule has 1 aromatic heterocycles. The minimum absolute atomic E-state index is 0.431. The molecule has 0 aliphatic carbocycles. The van der Waals surface area contributed by atoms with E-state index in [1.54, 1.807) is 7.11 Å². The molecule has 0 unspecified atom stereocenters. The summed E-state index contributed by atoms with van der Waals surface area (Å²) in [4.78, 5) is 4.37. The van der Waals surface area contributed by atoms with Crippen molar-refractivity contribution in [1.29, 1.82) is 0 Å². The summed E-state index contributed by atoms with van der Waals surface area (Å²) in [5, 5.41) is 0. The van der Waals surface area contributed by atoms with Crippen LogP contribution in [0.15, 0.2) is 42.5 Å². The summed E-state index contributed by atoms with van der Waals surface area (Å²) in [7, 11) is 1.64. The van der Waals surface area contributed by atoms with E-state index in [2.05, 4.69) is 4.98 Å². The zero-order valence-electron chi connectivity index (χ0n) is 10.3. The Balaban J connectivity index is 1.97. The molecule has 0 fully saturated rings. The third-order valence-electron chi connectivity index (χ3n) is 2.52. The predicted molar refractivity (Wildman–Crippen MR) is 69.5 cm³/mol. The largest absolute Gasteiger partial charge is 0.497 e. The summed E-state index contributed by atoms with van der Waals surface area (Å²) in [6, 6.07) is 13.2. The van der Waals surface area contributed by atoms with E-state index in [1.807, 2.05) is 42.5 Å². The zero-order chi connectivity index (χ0) is 12.8. The first-order valence-corrected chi connectivity index (χ1v) is 5.73. The summed E-state index contributed by atoms with van der Waals surface area (Å²) in [5.74, 6) is 1.60. The number of hydrogen-bond donors (Lipinski definition) is 1. The number of nitrogens with zero attached hydrogens (tertiary/aromatic N) is 1. The van der Waals surface area contributed by atoms with E-state index in [4.69, 9.17) is 15.2 Å². The molecule has 0 amide bonds. The molecule has 94 valence electrons.